The van der Waals surface area contributed by atoms with Crippen molar-refractivity contribution in [3.05, 3.63) is 50.2 Å². The van der Waals surface area contributed by atoms with Crippen molar-refractivity contribution in [2.24, 2.45) is 5.73 Å². The van der Waals surface area contributed by atoms with Gasteiger partial charge in [-0.25, -0.2) is 0 Å². The normalized spacial score (nSPS) is 12.7. The molecule has 0 fully saturated rings. The molecule has 1 atom stereocenters. The van der Waals surface area contributed by atoms with Gasteiger partial charge in [0.2, 0.25) is 0 Å². The molecule has 3 nitrogen and oxygen atoms in total. The third-order valence-electron chi connectivity index (χ3n) is 3.42. The molecule has 0 radical (unpaired) electrons. The second kappa shape index (κ2) is 6.29. The molecule has 0 saturated heterocycles. The summed E-state index contributed by atoms with van der Waals surface area (Å²) in [6.07, 6.45) is 0.676. The largest absolute Gasteiger partial charge is 0.324 e. The average molecular weight is 357 g/mol. The number of aryl methyl sites for hydroxylation is 3. The smallest absolute Gasteiger partial charge is 0.0847 e. The SMILES string of the molecule is CCn1nc(C)c(Cl)c1CC(N)c1ccc(C)cc1Br. The number of aromatic nitrogens is 2. The van der Waals surface area contributed by atoms with Crippen molar-refractivity contribution in [2.45, 2.75) is 39.8 Å². The fraction of sp³-hybridized carbons (Fsp3) is 0.400. The minimum Gasteiger partial charge on any atom is -0.324 e. The van der Waals surface area contributed by atoms with Gasteiger partial charge in [-0.1, -0.05) is 39.7 Å². The average Bonchev–Trinajstić information content (AvgIpc) is 2.66. The maximum Gasteiger partial charge on any atom is 0.0847 e. The van der Waals surface area contributed by atoms with Gasteiger partial charge in [-0.2, -0.15) is 5.10 Å². The summed E-state index contributed by atoms with van der Waals surface area (Å²) in [7, 11) is 0. The molecule has 20 heavy (non-hydrogen) atoms. The van der Waals surface area contributed by atoms with E-state index in [-0.39, 0.29) is 6.04 Å². The predicted molar refractivity (Wildman–Crippen MR) is 87.2 cm³/mol. The summed E-state index contributed by atoms with van der Waals surface area (Å²) < 4.78 is 2.97. The van der Waals surface area contributed by atoms with Crippen molar-refractivity contribution >= 4 is 27.5 Å². The van der Waals surface area contributed by atoms with E-state index in [4.69, 9.17) is 17.3 Å². The highest BCUT2D eigenvalue weighted by Gasteiger charge is 2.18. The van der Waals surface area contributed by atoms with E-state index in [0.29, 0.717) is 6.42 Å². The molecule has 1 aromatic heterocycles. The second-order valence-electron chi connectivity index (χ2n) is 5.00. The van der Waals surface area contributed by atoms with E-state index >= 15 is 0 Å². The highest BCUT2D eigenvalue weighted by Crippen LogP contribution is 2.29. The van der Waals surface area contributed by atoms with E-state index in [1.54, 1.807) is 0 Å². The molecule has 0 amide bonds. The molecule has 2 N–H and O–H groups in total. The van der Waals surface area contributed by atoms with Gasteiger partial charge in [0.05, 0.1) is 16.4 Å². The topological polar surface area (TPSA) is 43.8 Å². The highest BCUT2D eigenvalue weighted by atomic mass is 79.9. The van der Waals surface area contributed by atoms with Crippen molar-refractivity contribution < 1.29 is 0 Å². The van der Waals surface area contributed by atoms with Crippen molar-refractivity contribution in [1.29, 1.82) is 0 Å². The van der Waals surface area contributed by atoms with Gasteiger partial charge < -0.3 is 5.73 Å². The second-order valence-corrected chi connectivity index (χ2v) is 6.23. The molecule has 0 spiro atoms. The Balaban J connectivity index is 2.30. The molecule has 2 aromatic rings. The molecule has 0 aliphatic heterocycles. The van der Waals surface area contributed by atoms with Gasteiger partial charge in [0, 0.05) is 23.5 Å². The lowest BCUT2D eigenvalue weighted by Gasteiger charge is -2.15. The van der Waals surface area contributed by atoms with Crippen LogP contribution in [0.15, 0.2) is 22.7 Å². The van der Waals surface area contributed by atoms with Gasteiger partial charge in [0.1, 0.15) is 0 Å². The minimum atomic E-state index is -0.108. The Kier molecular flexibility index (Phi) is 4.89. The summed E-state index contributed by atoms with van der Waals surface area (Å²) in [6, 6.07) is 6.12. The number of benzene rings is 1. The van der Waals surface area contributed by atoms with Crippen LogP contribution in [0, 0.1) is 13.8 Å². The summed E-state index contributed by atoms with van der Waals surface area (Å²) in [5, 5.41) is 5.16. The molecule has 0 saturated carbocycles. The van der Waals surface area contributed by atoms with Gasteiger partial charge in [-0.05, 0) is 38.0 Å². The Bertz CT molecular complexity index is 622. The Labute approximate surface area is 133 Å². The van der Waals surface area contributed by atoms with Crippen LogP contribution in [0.5, 0.6) is 0 Å². The number of nitrogens with two attached hydrogens (primary N) is 1. The van der Waals surface area contributed by atoms with Crippen LogP contribution in [0.25, 0.3) is 0 Å². The first-order valence-electron chi connectivity index (χ1n) is 6.67. The Morgan fingerprint density at radius 3 is 2.70 bits per heavy atom. The van der Waals surface area contributed by atoms with E-state index in [1.807, 2.05) is 11.6 Å². The van der Waals surface area contributed by atoms with Gasteiger partial charge in [-0.3, -0.25) is 4.68 Å². The lowest BCUT2D eigenvalue weighted by Crippen LogP contribution is -2.17. The number of hydrogen-bond acceptors (Lipinski definition) is 2. The molecule has 0 bridgehead atoms. The first kappa shape index (κ1) is 15.5. The van der Waals surface area contributed by atoms with Crippen LogP contribution in [0.1, 0.15) is 35.5 Å². The van der Waals surface area contributed by atoms with Gasteiger partial charge in [0.15, 0.2) is 0 Å². The predicted octanol–water partition coefficient (Wildman–Crippen LogP) is 4.18. The molecule has 5 heteroatoms. The van der Waals surface area contributed by atoms with Gasteiger partial charge >= 0.3 is 0 Å². The van der Waals surface area contributed by atoms with Crippen molar-refractivity contribution in [3.8, 4) is 0 Å². The third-order valence-corrected chi connectivity index (χ3v) is 4.60. The highest BCUT2D eigenvalue weighted by molar-refractivity contribution is 9.10. The molecule has 1 unspecified atom stereocenters. The van der Waals surface area contributed by atoms with Crippen LogP contribution < -0.4 is 5.73 Å². The molecule has 0 aliphatic rings. The van der Waals surface area contributed by atoms with Crippen LogP contribution >= 0.6 is 27.5 Å². The molecule has 108 valence electrons. The molecular weight excluding hydrogens is 338 g/mol. The van der Waals surface area contributed by atoms with Crippen molar-refractivity contribution in [2.75, 3.05) is 0 Å². The van der Waals surface area contributed by atoms with E-state index in [1.165, 1.54) is 5.56 Å². The fourth-order valence-electron chi connectivity index (χ4n) is 2.32. The summed E-state index contributed by atoms with van der Waals surface area (Å²) in [6.45, 7) is 6.84. The first-order valence-corrected chi connectivity index (χ1v) is 7.84. The summed E-state index contributed by atoms with van der Waals surface area (Å²) in [4.78, 5) is 0. The standard InChI is InChI=1S/C15H19BrClN3/c1-4-20-14(15(17)10(3)19-20)8-13(18)11-6-5-9(2)7-12(11)16/h5-7,13H,4,8,18H2,1-3H3. The number of hydrogen-bond donors (Lipinski definition) is 1. The maximum atomic E-state index is 6.35. The number of rotatable bonds is 4. The van der Waals surface area contributed by atoms with Crippen LogP contribution in [0.4, 0.5) is 0 Å². The third kappa shape index (κ3) is 3.08. The van der Waals surface area contributed by atoms with Crippen LogP contribution in [0.3, 0.4) is 0 Å². The van der Waals surface area contributed by atoms with Crippen LogP contribution in [-0.2, 0) is 13.0 Å². The van der Waals surface area contributed by atoms with Crippen LogP contribution in [-0.4, -0.2) is 9.78 Å². The van der Waals surface area contributed by atoms with E-state index in [9.17, 15) is 0 Å². The molecule has 1 aromatic carbocycles. The summed E-state index contributed by atoms with van der Waals surface area (Å²) in [5.74, 6) is 0. The Hall–Kier alpha value is -0.840. The minimum absolute atomic E-state index is 0.108. The van der Waals surface area contributed by atoms with Crippen molar-refractivity contribution in [1.82, 2.24) is 9.78 Å². The number of nitrogens with zero attached hydrogens (tertiary/aromatic N) is 2. The first-order chi connectivity index (χ1) is 9.43. The maximum absolute atomic E-state index is 6.35. The van der Waals surface area contributed by atoms with Crippen LogP contribution in [0.2, 0.25) is 5.02 Å². The summed E-state index contributed by atoms with van der Waals surface area (Å²) >= 11 is 9.92. The zero-order chi connectivity index (χ0) is 14.9. The molecule has 0 aliphatic carbocycles. The molecule has 2 rings (SSSR count). The lowest BCUT2D eigenvalue weighted by molar-refractivity contribution is 0.586. The monoisotopic (exact) mass is 355 g/mol. The van der Waals surface area contributed by atoms with Gasteiger partial charge in [-0.15, -0.1) is 0 Å². The number of halogens is 2. The molecule has 1 heterocycles. The zero-order valence-corrected chi connectivity index (χ0v) is 14.3. The quantitative estimate of drug-likeness (QED) is 0.893. The Morgan fingerprint density at radius 2 is 2.10 bits per heavy atom. The van der Waals surface area contributed by atoms with E-state index in [0.717, 1.165) is 33.0 Å². The van der Waals surface area contributed by atoms with E-state index < -0.39 is 0 Å². The summed E-state index contributed by atoms with van der Waals surface area (Å²) in [5.41, 5.74) is 10.5. The zero-order valence-electron chi connectivity index (χ0n) is 12.0. The Morgan fingerprint density at radius 1 is 1.40 bits per heavy atom. The van der Waals surface area contributed by atoms with Gasteiger partial charge in [0.25, 0.3) is 0 Å². The lowest BCUT2D eigenvalue weighted by atomic mass is 10.0. The van der Waals surface area contributed by atoms with Crippen molar-refractivity contribution in [3.63, 3.8) is 0 Å². The molecular formula is C15H19BrClN3. The van der Waals surface area contributed by atoms with E-state index in [2.05, 4.69) is 53.1 Å². The fourth-order valence-corrected chi connectivity index (χ4v) is 3.31.